The van der Waals surface area contributed by atoms with Crippen molar-refractivity contribution in [3.63, 3.8) is 0 Å². The van der Waals surface area contributed by atoms with Crippen LogP contribution in [0, 0.1) is 6.92 Å². The van der Waals surface area contributed by atoms with Gasteiger partial charge < -0.3 is 10.6 Å². The molecule has 0 aromatic carbocycles. The van der Waals surface area contributed by atoms with E-state index in [-0.39, 0.29) is 0 Å². The second kappa shape index (κ2) is 3.59. The van der Waals surface area contributed by atoms with Crippen molar-refractivity contribution in [3.05, 3.63) is 5.01 Å². The maximum Gasteiger partial charge on any atom is 0.208 e. The van der Waals surface area contributed by atoms with Crippen molar-refractivity contribution in [3.8, 4) is 0 Å². The quantitative estimate of drug-likeness (QED) is 0.762. The Morgan fingerprint density at radius 3 is 3.08 bits per heavy atom. The summed E-state index contributed by atoms with van der Waals surface area (Å²) in [6, 6.07) is 0.479. The Morgan fingerprint density at radius 1 is 1.62 bits per heavy atom. The molecular formula is C8H14N4S. The maximum absolute atomic E-state index is 5.68. The van der Waals surface area contributed by atoms with Crippen LogP contribution in [0.15, 0.2) is 0 Å². The van der Waals surface area contributed by atoms with Crippen molar-refractivity contribution < 1.29 is 0 Å². The molecule has 2 N–H and O–H groups in total. The third-order valence-corrected chi connectivity index (χ3v) is 3.29. The number of aromatic nitrogens is 2. The van der Waals surface area contributed by atoms with Gasteiger partial charge in [0.25, 0.3) is 0 Å². The fourth-order valence-corrected chi connectivity index (χ4v) is 2.52. The van der Waals surface area contributed by atoms with Crippen molar-refractivity contribution in [2.24, 2.45) is 5.73 Å². The van der Waals surface area contributed by atoms with E-state index in [0.717, 1.165) is 23.2 Å². The molecule has 0 aliphatic carbocycles. The summed E-state index contributed by atoms with van der Waals surface area (Å²) in [5.74, 6) is 0. The number of hydrogen-bond donors (Lipinski definition) is 1. The van der Waals surface area contributed by atoms with Gasteiger partial charge >= 0.3 is 0 Å². The molecular weight excluding hydrogens is 184 g/mol. The van der Waals surface area contributed by atoms with Crippen LogP contribution < -0.4 is 10.6 Å². The Morgan fingerprint density at radius 2 is 2.46 bits per heavy atom. The summed E-state index contributed by atoms with van der Waals surface area (Å²) in [6.07, 6.45) is 2.41. The summed E-state index contributed by atoms with van der Waals surface area (Å²) >= 11 is 1.65. The Balaban J connectivity index is 2.15. The zero-order valence-corrected chi connectivity index (χ0v) is 8.55. The SMILES string of the molecule is Cc1nnc(N2CCCC2CN)s1. The van der Waals surface area contributed by atoms with Gasteiger partial charge in [0.2, 0.25) is 5.13 Å². The molecule has 1 aliphatic heterocycles. The zero-order chi connectivity index (χ0) is 9.26. The molecule has 1 aromatic heterocycles. The first-order valence-electron chi connectivity index (χ1n) is 4.58. The molecule has 13 heavy (non-hydrogen) atoms. The average molecular weight is 198 g/mol. The van der Waals surface area contributed by atoms with E-state index < -0.39 is 0 Å². The van der Waals surface area contributed by atoms with Gasteiger partial charge in [-0.1, -0.05) is 11.3 Å². The average Bonchev–Trinajstić information content (AvgIpc) is 2.71. The predicted octanol–water partition coefficient (Wildman–Crippen LogP) is 0.774. The first kappa shape index (κ1) is 8.90. The van der Waals surface area contributed by atoms with Gasteiger partial charge in [-0.05, 0) is 19.8 Å². The number of aryl methyl sites for hydroxylation is 1. The molecule has 1 aliphatic rings. The molecule has 1 aromatic rings. The third kappa shape index (κ3) is 1.66. The molecule has 2 heterocycles. The fourth-order valence-electron chi connectivity index (χ4n) is 1.73. The number of rotatable bonds is 2. The van der Waals surface area contributed by atoms with Crippen molar-refractivity contribution in [1.29, 1.82) is 0 Å². The van der Waals surface area contributed by atoms with E-state index in [9.17, 15) is 0 Å². The number of anilines is 1. The second-order valence-electron chi connectivity index (χ2n) is 3.33. The number of nitrogens with zero attached hydrogens (tertiary/aromatic N) is 3. The lowest BCUT2D eigenvalue weighted by Gasteiger charge is -2.21. The molecule has 0 amide bonds. The minimum absolute atomic E-state index is 0.479. The normalized spacial score (nSPS) is 22.6. The van der Waals surface area contributed by atoms with Crippen LogP contribution in [0.1, 0.15) is 17.8 Å². The van der Waals surface area contributed by atoms with Crippen LogP contribution in [0.5, 0.6) is 0 Å². The molecule has 72 valence electrons. The number of nitrogens with two attached hydrogens (primary N) is 1. The van der Waals surface area contributed by atoms with Crippen LogP contribution in [0.4, 0.5) is 5.13 Å². The van der Waals surface area contributed by atoms with Gasteiger partial charge in [-0.2, -0.15) is 0 Å². The standard InChI is InChI=1S/C8H14N4S/c1-6-10-11-8(13-6)12-4-2-3-7(12)5-9/h7H,2-5,9H2,1H3. The van der Waals surface area contributed by atoms with E-state index in [4.69, 9.17) is 5.73 Å². The van der Waals surface area contributed by atoms with E-state index >= 15 is 0 Å². The van der Waals surface area contributed by atoms with Gasteiger partial charge in [-0.25, -0.2) is 0 Å². The highest BCUT2D eigenvalue weighted by atomic mass is 32.1. The molecule has 0 radical (unpaired) electrons. The van der Waals surface area contributed by atoms with Gasteiger partial charge in [0.15, 0.2) is 0 Å². The van der Waals surface area contributed by atoms with E-state index in [0.29, 0.717) is 6.04 Å². The molecule has 4 nitrogen and oxygen atoms in total. The van der Waals surface area contributed by atoms with Crippen molar-refractivity contribution in [1.82, 2.24) is 10.2 Å². The molecule has 1 atom stereocenters. The first-order chi connectivity index (χ1) is 6.31. The van der Waals surface area contributed by atoms with Gasteiger partial charge in [-0.3, -0.25) is 0 Å². The van der Waals surface area contributed by atoms with Crippen molar-refractivity contribution in [2.75, 3.05) is 18.0 Å². The summed E-state index contributed by atoms with van der Waals surface area (Å²) in [6.45, 7) is 3.78. The van der Waals surface area contributed by atoms with E-state index in [1.165, 1.54) is 12.8 Å². The van der Waals surface area contributed by atoms with Gasteiger partial charge in [0, 0.05) is 19.1 Å². The molecule has 2 rings (SSSR count). The van der Waals surface area contributed by atoms with Gasteiger partial charge in [0.05, 0.1) is 0 Å². The lowest BCUT2D eigenvalue weighted by Crippen LogP contribution is -2.35. The highest BCUT2D eigenvalue weighted by Gasteiger charge is 2.25. The monoisotopic (exact) mass is 198 g/mol. The molecule has 1 fully saturated rings. The molecule has 0 spiro atoms. The van der Waals surface area contributed by atoms with E-state index in [1.54, 1.807) is 11.3 Å². The Bertz CT molecular complexity index is 285. The highest BCUT2D eigenvalue weighted by molar-refractivity contribution is 7.15. The van der Waals surface area contributed by atoms with Crippen LogP contribution in [0.2, 0.25) is 0 Å². The molecule has 0 bridgehead atoms. The van der Waals surface area contributed by atoms with Crippen LogP contribution in [-0.4, -0.2) is 29.3 Å². The molecule has 0 saturated carbocycles. The van der Waals surface area contributed by atoms with Crippen LogP contribution in [-0.2, 0) is 0 Å². The van der Waals surface area contributed by atoms with Gasteiger partial charge in [0.1, 0.15) is 5.01 Å². The van der Waals surface area contributed by atoms with Crippen LogP contribution >= 0.6 is 11.3 Å². The Hall–Kier alpha value is -0.680. The minimum Gasteiger partial charge on any atom is -0.342 e. The second-order valence-corrected chi connectivity index (χ2v) is 4.49. The number of hydrogen-bond acceptors (Lipinski definition) is 5. The molecule has 1 saturated heterocycles. The summed E-state index contributed by atoms with van der Waals surface area (Å²) in [7, 11) is 0. The summed E-state index contributed by atoms with van der Waals surface area (Å²) < 4.78 is 0. The maximum atomic E-state index is 5.68. The largest absolute Gasteiger partial charge is 0.342 e. The third-order valence-electron chi connectivity index (χ3n) is 2.41. The van der Waals surface area contributed by atoms with Gasteiger partial charge in [-0.15, -0.1) is 10.2 Å². The minimum atomic E-state index is 0.479. The van der Waals surface area contributed by atoms with E-state index in [2.05, 4.69) is 15.1 Å². The molecule has 5 heteroatoms. The first-order valence-corrected chi connectivity index (χ1v) is 5.39. The summed E-state index contributed by atoms with van der Waals surface area (Å²) in [4.78, 5) is 2.28. The van der Waals surface area contributed by atoms with Crippen molar-refractivity contribution >= 4 is 16.5 Å². The van der Waals surface area contributed by atoms with E-state index in [1.807, 2.05) is 6.92 Å². The highest BCUT2D eigenvalue weighted by Crippen LogP contribution is 2.27. The summed E-state index contributed by atoms with van der Waals surface area (Å²) in [5, 5.41) is 10.2. The zero-order valence-electron chi connectivity index (χ0n) is 7.73. The fraction of sp³-hybridized carbons (Fsp3) is 0.750. The van der Waals surface area contributed by atoms with Crippen molar-refractivity contribution in [2.45, 2.75) is 25.8 Å². The van der Waals surface area contributed by atoms with Crippen LogP contribution in [0.25, 0.3) is 0 Å². The molecule has 1 unspecified atom stereocenters. The lowest BCUT2D eigenvalue weighted by molar-refractivity contribution is 0.673. The van der Waals surface area contributed by atoms with Crippen LogP contribution in [0.3, 0.4) is 0 Å². The summed E-state index contributed by atoms with van der Waals surface area (Å²) in [5.41, 5.74) is 5.68. The lowest BCUT2D eigenvalue weighted by atomic mass is 10.2. The smallest absolute Gasteiger partial charge is 0.208 e. The predicted molar refractivity (Wildman–Crippen MR) is 54.1 cm³/mol. The Labute approximate surface area is 81.8 Å². The topological polar surface area (TPSA) is 55.0 Å². The Kier molecular flexibility index (Phi) is 2.46.